The average molecular weight is 1060 g/mol. The standard InChI is InChI=1S/C60H78N8O7S/c1-39-49-36-62-53(64-57(49)68(45-16-14-15-17-45)59(75)55(39)41(3)69)32-44-25-26-46(35-61-44)65-28-30-66(31-29-65)54(73)19-13-11-9-7-8-10-12-18-47(70)33-50(60(4,5)6)58(74)67-37-48(71)34-51(67)52(72)27-22-42-20-23-43(24-21-42)56-40(2)63-38-76-56/h20-21,23-26,35-36,38,45,48,50-51,71H,7-19,22,27-34,37H2,1-6H3/t48-,50-,51+/m1/s1. The van der Waals surface area contributed by atoms with Crippen LogP contribution in [-0.2, 0) is 32.0 Å². The van der Waals surface area contributed by atoms with Crippen LogP contribution in [0.4, 0.5) is 5.69 Å². The molecular weight excluding hydrogens is 977 g/mol. The number of piperazine rings is 1. The number of benzene rings is 1. The van der Waals surface area contributed by atoms with Gasteiger partial charge in [0.15, 0.2) is 11.6 Å². The number of ketones is 3. The Labute approximate surface area is 451 Å². The number of unbranched alkanes of at least 4 members (excludes halogenated alkanes) is 6. The van der Waals surface area contributed by atoms with Crippen LogP contribution in [0.25, 0.3) is 21.5 Å². The van der Waals surface area contributed by atoms with Crippen molar-refractivity contribution in [3.8, 4) is 10.4 Å². The van der Waals surface area contributed by atoms with E-state index in [1.807, 2.05) is 62.5 Å². The van der Waals surface area contributed by atoms with E-state index in [2.05, 4.69) is 33.1 Å². The number of anilines is 1. The van der Waals surface area contributed by atoms with Crippen LogP contribution < -0.4 is 10.5 Å². The molecule has 76 heavy (non-hydrogen) atoms. The highest BCUT2D eigenvalue weighted by Gasteiger charge is 2.44. The molecule has 15 nitrogen and oxygen atoms in total. The second-order valence-electron chi connectivity index (χ2n) is 22.7. The van der Waals surface area contributed by atoms with Gasteiger partial charge in [-0.2, -0.15) is 0 Å². The van der Waals surface area contributed by atoms with Gasteiger partial charge in [-0.15, -0.1) is 11.3 Å². The maximum absolute atomic E-state index is 14.1. The molecule has 4 aromatic heterocycles. The van der Waals surface area contributed by atoms with Crippen LogP contribution in [0, 0.1) is 25.2 Å². The molecule has 5 aromatic rings. The molecule has 3 atom stereocenters. The number of aryl methyl sites for hydroxylation is 3. The third kappa shape index (κ3) is 13.7. The van der Waals surface area contributed by atoms with Crippen molar-refractivity contribution in [2.45, 2.75) is 175 Å². The summed E-state index contributed by atoms with van der Waals surface area (Å²) in [6.45, 7) is 14.0. The van der Waals surface area contributed by atoms with Crippen LogP contribution in [-0.4, -0.2) is 113 Å². The zero-order chi connectivity index (χ0) is 54.1. The van der Waals surface area contributed by atoms with Crippen molar-refractivity contribution in [3.63, 3.8) is 0 Å². The molecule has 3 aliphatic rings. The lowest BCUT2D eigenvalue weighted by atomic mass is 9.76. The first-order chi connectivity index (χ1) is 36.5. The lowest BCUT2D eigenvalue weighted by molar-refractivity contribution is -0.145. The van der Waals surface area contributed by atoms with Gasteiger partial charge < -0.3 is 19.8 Å². The molecule has 0 unspecified atom stereocenters. The summed E-state index contributed by atoms with van der Waals surface area (Å²) in [6.07, 6.45) is 15.8. The van der Waals surface area contributed by atoms with Gasteiger partial charge in [-0.3, -0.25) is 38.3 Å². The summed E-state index contributed by atoms with van der Waals surface area (Å²) in [5.74, 6) is -0.277. The second kappa shape index (κ2) is 25.4. The number of rotatable bonds is 23. The fourth-order valence-electron chi connectivity index (χ4n) is 11.6. The van der Waals surface area contributed by atoms with E-state index in [0.717, 1.165) is 122 Å². The monoisotopic (exact) mass is 1050 g/mol. The summed E-state index contributed by atoms with van der Waals surface area (Å²) in [5, 5.41) is 11.4. The molecule has 0 bridgehead atoms. The van der Waals surface area contributed by atoms with Crippen LogP contribution in [0.15, 0.2) is 59.1 Å². The Morgan fingerprint density at radius 2 is 1.50 bits per heavy atom. The van der Waals surface area contributed by atoms with E-state index in [1.165, 1.54) is 6.92 Å². The molecule has 1 N–H and O–H groups in total. The first-order valence-electron chi connectivity index (χ1n) is 27.9. The smallest absolute Gasteiger partial charge is 0.263 e. The highest BCUT2D eigenvalue weighted by atomic mass is 32.1. The van der Waals surface area contributed by atoms with Gasteiger partial charge in [0.05, 0.1) is 52.1 Å². The van der Waals surface area contributed by atoms with Gasteiger partial charge in [-0.1, -0.05) is 90.0 Å². The summed E-state index contributed by atoms with van der Waals surface area (Å²) in [7, 11) is 0. The van der Waals surface area contributed by atoms with E-state index in [1.54, 1.807) is 33.9 Å². The summed E-state index contributed by atoms with van der Waals surface area (Å²) in [6, 6.07) is 11.5. The number of fused-ring (bicyclic) bond motifs is 1. The normalized spacial score (nSPS) is 17.7. The van der Waals surface area contributed by atoms with E-state index < -0.39 is 23.5 Å². The number of aliphatic hydroxyl groups is 1. The van der Waals surface area contributed by atoms with Crippen molar-refractivity contribution in [1.82, 2.24) is 34.3 Å². The van der Waals surface area contributed by atoms with E-state index in [0.29, 0.717) is 55.8 Å². The topological polar surface area (TPSA) is 189 Å². The first kappa shape index (κ1) is 56.2. The molecule has 0 radical (unpaired) electrons. The molecule has 3 fully saturated rings. The highest BCUT2D eigenvalue weighted by Crippen LogP contribution is 2.36. The Kier molecular flexibility index (Phi) is 18.8. The number of amides is 2. The van der Waals surface area contributed by atoms with Gasteiger partial charge in [0.2, 0.25) is 11.8 Å². The zero-order valence-electron chi connectivity index (χ0n) is 45.7. The number of thiazole rings is 1. The van der Waals surface area contributed by atoms with Gasteiger partial charge in [-0.05, 0) is 87.1 Å². The zero-order valence-corrected chi connectivity index (χ0v) is 46.5. The Morgan fingerprint density at radius 3 is 2.13 bits per heavy atom. The van der Waals surface area contributed by atoms with E-state index in [-0.39, 0.29) is 72.1 Å². The number of nitrogens with zero attached hydrogens (tertiary/aromatic N) is 8. The summed E-state index contributed by atoms with van der Waals surface area (Å²) in [5.41, 5.74) is 7.46. The van der Waals surface area contributed by atoms with E-state index in [9.17, 15) is 33.9 Å². The molecule has 16 heteroatoms. The molecule has 406 valence electrons. The SMILES string of the molecule is CC(=O)c1c(C)c2cnc(Cc3ccc(N4CCN(C(=O)CCCCCCCCCC(=O)C[C@H](C(=O)N5C[C@H](O)C[C@H]5C(=O)CCc5ccc(-c6scnc6C)cc5)C(C)(C)C)CC4)cn3)nc2n(C2CCCC2)c1=O. The van der Waals surface area contributed by atoms with Gasteiger partial charge >= 0.3 is 0 Å². The van der Waals surface area contributed by atoms with Gasteiger partial charge in [0.25, 0.3) is 5.56 Å². The minimum absolute atomic E-state index is 0.0206. The number of aliphatic hydroxyl groups excluding tert-OH is 1. The number of aromatic nitrogens is 5. The Bertz CT molecular complexity index is 2910. The number of pyridine rings is 2. The summed E-state index contributed by atoms with van der Waals surface area (Å²) in [4.78, 5) is 106. The Morgan fingerprint density at radius 1 is 0.816 bits per heavy atom. The van der Waals surface area contributed by atoms with Gasteiger partial charge in [0, 0.05) is 94.1 Å². The van der Waals surface area contributed by atoms with Gasteiger partial charge in [0.1, 0.15) is 17.3 Å². The molecule has 1 aliphatic carbocycles. The number of β-amino-alcohol motifs (C(OH)–C–C–N with tert-alkyl or cyclic N) is 1. The molecule has 8 rings (SSSR count). The lowest BCUT2D eigenvalue weighted by Crippen LogP contribution is -2.48. The van der Waals surface area contributed by atoms with Crippen LogP contribution in [0.2, 0.25) is 0 Å². The fraction of sp³-hybridized carbons (Fsp3) is 0.567. The molecular formula is C60H78N8O7S. The van der Waals surface area contributed by atoms with Crippen molar-refractivity contribution < 1.29 is 29.1 Å². The molecule has 6 heterocycles. The molecule has 1 aromatic carbocycles. The van der Waals surface area contributed by atoms with Crippen molar-refractivity contribution >= 4 is 57.2 Å². The van der Waals surface area contributed by atoms with Crippen LogP contribution >= 0.6 is 11.3 Å². The van der Waals surface area contributed by atoms with Crippen LogP contribution in [0.3, 0.4) is 0 Å². The minimum Gasteiger partial charge on any atom is -0.391 e. The van der Waals surface area contributed by atoms with Crippen LogP contribution in [0.5, 0.6) is 0 Å². The van der Waals surface area contributed by atoms with Crippen molar-refractivity contribution in [2.75, 3.05) is 37.6 Å². The van der Waals surface area contributed by atoms with E-state index in [4.69, 9.17) is 9.97 Å². The number of carbonyl (C=O) groups excluding carboxylic acids is 5. The number of hydrogen-bond donors (Lipinski definition) is 1. The fourth-order valence-corrected chi connectivity index (χ4v) is 12.4. The molecule has 1 saturated carbocycles. The predicted molar refractivity (Wildman–Crippen MR) is 298 cm³/mol. The third-order valence-electron chi connectivity index (χ3n) is 16.1. The number of Topliss-reactive ketones (excluding diaryl/α,β-unsaturated/α-hetero) is 3. The molecule has 2 saturated heterocycles. The molecule has 2 aliphatic heterocycles. The Hall–Kier alpha value is -6.00. The van der Waals surface area contributed by atoms with Crippen molar-refractivity contribution in [1.29, 1.82) is 0 Å². The highest BCUT2D eigenvalue weighted by molar-refractivity contribution is 7.13. The number of hydrogen-bond acceptors (Lipinski definition) is 13. The second-order valence-corrected chi connectivity index (χ2v) is 23.6. The summed E-state index contributed by atoms with van der Waals surface area (Å²) < 4.78 is 1.74. The number of likely N-dealkylation sites (tertiary alicyclic amines) is 1. The maximum Gasteiger partial charge on any atom is 0.263 e. The lowest BCUT2D eigenvalue weighted by Gasteiger charge is -2.36. The average Bonchev–Trinajstić information content (AvgIpc) is 4.20. The molecule has 0 spiro atoms. The van der Waals surface area contributed by atoms with Crippen molar-refractivity contribution in [3.05, 3.63) is 98.6 Å². The first-order valence-corrected chi connectivity index (χ1v) is 28.8. The predicted octanol–water partition coefficient (Wildman–Crippen LogP) is 9.78. The van der Waals surface area contributed by atoms with Crippen molar-refractivity contribution in [2.24, 2.45) is 11.3 Å². The van der Waals surface area contributed by atoms with Crippen LogP contribution in [0.1, 0.15) is 175 Å². The third-order valence-corrected chi connectivity index (χ3v) is 17.1. The van der Waals surface area contributed by atoms with E-state index >= 15 is 0 Å². The Balaban J connectivity index is 0.703. The largest absolute Gasteiger partial charge is 0.391 e. The maximum atomic E-state index is 14.1. The molecule has 2 amide bonds. The number of carbonyl (C=O) groups is 5. The quantitative estimate of drug-likeness (QED) is 0.0482. The summed E-state index contributed by atoms with van der Waals surface area (Å²) >= 11 is 1.60. The van der Waals surface area contributed by atoms with Gasteiger partial charge in [-0.25, -0.2) is 15.0 Å². The minimum atomic E-state index is -0.774.